The molecule has 2 rings (SSSR count). The van der Waals surface area contributed by atoms with Crippen LogP contribution in [0.4, 0.5) is 4.39 Å². The molecule has 118 valence electrons. The number of hydrogen-bond donors (Lipinski definition) is 2. The number of para-hydroxylation sites is 1. The van der Waals surface area contributed by atoms with Gasteiger partial charge in [0.15, 0.2) is 0 Å². The molecule has 0 radical (unpaired) electrons. The van der Waals surface area contributed by atoms with Crippen molar-refractivity contribution in [2.45, 2.75) is 19.6 Å². The van der Waals surface area contributed by atoms with Crippen LogP contribution < -0.4 is 15.4 Å². The minimum absolute atomic E-state index is 0.227. The number of benzene rings is 2. The average molecular weight is 302 g/mol. The third kappa shape index (κ3) is 5.47. The van der Waals surface area contributed by atoms with Gasteiger partial charge in [0, 0.05) is 12.1 Å². The molecule has 0 aromatic heterocycles. The zero-order valence-electron chi connectivity index (χ0n) is 12.9. The molecule has 0 amide bonds. The SMILES string of the molecule is CNCCCNCc1ccccc1OCc1ccc(F)cc1. The Kier molecular flexibility index (Phi) is 6.87. The van der Waals surface area contributed by atoms with Crippen molar-refractivity contribution in [3.8, 4) is 5.75 Å². The summed E-state index contributed by atoms with van der Waals surface area (Å²) in [5, 5.41) is 6.54. The number of nitrogens with one attached hydrogen (secondary N) is 2. The van der Waals surface area contributed by atoms with E-state index in [1.807, 2.05) is 25.2 Å². The summed E-state index contributed by atoms with van der Waals surface area (Å²) in [5.41, 5.74) is 2.09. The van der Waals surface area contributed by atoms with Gasteiger partial charge >= 0.3 is 0 Å². The number of halogens is 1. The van der Waals surface area contributed by atoms with Crippen LogP contribution in [0.5, 0.6) is 5.75 Å². The van der Waals surface area contributed by atoms with E-state index in [2.05, 4.69) is 16.7 Å². The molecule has 0 heterocycles. The van der Waals surface area contributed by atoms with Gasteiger partial charge in [0.05, 0.1) is 0 Å². The fourth-order valence-corrected chi connectivity index (χ4v) is 2.15. The first-order valence-corrected chi connectivity index (χ1v) is 7.60. The molecule has 2 N–H and O–H groups in total. The lowest BCUT2D eigenvalue weighted by molar-refractivity contribution is 0.302. The lowest BCUT2D eigenvalue weighted by Crippen LogP contribution is -2.19. The summed E-state index contributed by atoms with van der Waals surface area (Å²) < 4.78 is 18.8. The van der Waals surface area contributed by atoms with E-state index in [0.29, 0.717) is 6.61 Å². The molecule has 0 fully saturated rings. The van der Waals surface area contributed by atoms with Crippen LogP contribution in [0.1, 0.15) is 17.5 Å². The van der Waals surface area contributed by atoms with Gasteiger partial charge in [-0.25, -0.2) is 4.39 Å². The molecule has 0 saturated heterocycles. The Bertz CT molecular complexity index is 557. The first kappa shape index (κ1) is 16.5. The molecule has 0 spiro atoms. The van der Waals surface area contributed by atoms with E-state index in [-0.39, 0.29) is 5.82 Å². The van der Waals surface area contributed by atoms with Crippen LogP contribution in [0.15, 0.2) is 48.5 Å². The minimum atomic E-state index is -0.227. The Morgan fingerprint density at radius 3 is 2.55 bits per heavy atom. The van der Waals surface area contributed by atoms with Gasteiger partial charge in [-0.15, -0.1) is 0 Å². The molecular weight excluding hydrogens is 279 g/mol. The van der Waals surface area contributed by atoms with E-state index in [1.165, 1.54) is 12.1 Å². The Balaban J connectivity index is 1.86. The predicted octanol–water partition coefficient (Wildman–Crippen LogP) is 3.10. The smallest absolute Gasteiger partial charge is 0.124 e. The van der Waals surface area contributed by atoms with Crippen molar-refractivity contribution in [1.29, 1.82) is 0 Å². The van der Waals surface area contributed by atoms with Crippen molar-refractivity contribution in [3.63, 3.8) is 0 Å². The Morgan fingerprint density at radius 1 is 1.00 bits per heavy atom. The van der Waals surface area contributed by atoms with Gasteiger partial charge < -0.3 is 15.4 Å². The predicted molar refractivity (Wildman–Crippen MR) is 87.4 cm³/mol. The van der Waals surface area contributed by atoms with E-state index >= 15 is 0 Å². The Hall–Kier alpha value is -1.91. The maximum Gasteiger partial charge on any atom is 0.124 e. The highest BCUT2D eigenvalue weighted by atomic mass is 19.1. The zero-order chi connectivity index (χ0) is 15.6. The quantitative estimate of drug-likeness (QED) is 0.698. The van der Waals surface area contributed by atoms with Crippen molar-refractivity contribution in [2.75, 3.05) is 20.1 Å². The molecule has 4 heteroatoms. The summed E-state index contributed by atoms with van der Waals surface area (Å²) in [6.45, 7) is 3.20. The molecule has 2 aromatic rings. The molecular formula is C18H23FN2O. The summed E-state index contributed by atoms with van der Waals surface area (Å²) in [7, 11) is 1.96. The molecule has 0 aliphatic heterocycles. The van der Waals surface area contributed by atoms with E-state index in [0.717, 1.165) is 42.9 Å². The summed E-state index contributed by atoms with van der Waals surface area (Å²) in [4.78, 5) is 0. The van der Waals surface area contributed by atoms with Gasteiger partial charge in [0.25, 0.3) is 0 Å². The van der Waals surface area contributed by atoms with Crippen LogP contribution in [0.25, 0.3) is 0 Å². The van der Waals surface area contributed by atoms with Crippen LogP contribution in [0.3, 0.4) is 0 Å². The fraction of sp³-hybridized carbons (Fsp3) is 0.333. The lowest BCUT2D eigenvalue weighted by Gasteiger charge is -2.12. The molecule has 22 heavy (non-hydrogen) atoms. The van der Waals surface area contributed by atoms with Crippen LogP contribution in [-0.4, -0.2) is 20.1 Å². The number of hydrogen-bond acceptors (Lipinski definition) is 3. The normalized spacial score (nSPS) is 10.6. The highest BCUT2D eigenvalue weighted by Crippen LogP contribution is 2.19. The third-order valence-electron chi connectivity index (χ3n) is 3.38. The van der Waals surface area contributed by atoms with Crippen LogP contribution in [0.2, 0.25) is 0 Å². The molecule has 0 saturated carbocycles. The summed E-state index contributed by atoms with van der Waals surface area (Å²) >= 11 is 0. The fourth-order valence-electron chi connectivity index (χ4n) is 2.15. The van der Waals surface area contributed by atoms with Crippen molar-refractivity contribution in [1.82, 2.24) is 10.6 Å². The Morgan fingerprint density at radius 2 is 1.77 bits per heavy atom. The van der Waals surface area contributed by atoms with Gasteiger partial charge in [-0.05, 0) is 50.3 Å². The second-order valence-corrected chi connectivity index (χ2v) is 5.16. The molecule has 2 aromatic carbocycles. The van der Waals surface area contributed by atoms with Crippen LogP contribution in [0, 0.1) is 5.82 Å². The number of rotatable bonds is 9. The van der Waals surface area contributed by atoms with Crippen LogP contribution in [-0.2, 0) is 13.2 Å². The second kappa shape index (κ2) is 9.18. The third-order valence-corrected chi connectivity index (χ3v) is 3.38. The molecule has 0 atom stereocenters. The van der Waals surface area contributed by atoms with Gasteiger partial charge in [0.1, 0.15) is 18.2 Å². The van der Waals surface area contributed by atoms with Gasteiger partial charge in [-0.3, -0.25) is 0 Å². The van der Waals surface area contributed by atoms with Crippen molar-refractivity contribution >= 4 is 0 Å². The molecule has 0 aliphatic rings. The van der Waals surface area contributed by atoms with Crippen LogP contribution >= 0.6 is 0 Å². The molecule has 0 aliphatic carbocycles. The van der Waals surface area contributed by atoms with E-state index in [4.69, 9.17) is 4.74 Å². The maximum absolute atomic E-state index is 12.9. The Labute approximate surface area is 131 Å². The zero-order valence-corrected chi connectivity index (χ0v) is 12.9. The molecule has 0 bridgehead atoms. The van der Waals surface area contributed by atoms with Gasteiger partial charge in [-0.2, -0.15) is 0 Å². The summed E-state index contributed by atoms with van der Waals surface area (Å²) in [5.74, 6) is 0.642. The largest absolute Gasteiger partial charge is 0.489 e. The second-order valence-electron chi connectivity index (χ2n) is 5.16. The van der Waals surface area contributed by atoms with E-state index < -0.39 is 0 Å². The highest BCUT2D eigenvalue weighted by Gasteiger charge is 2.03. The first-order valence-electron chi connectivity index (χ1n) is 7.60. The van der Waals surface area contributed by atoms with Crippen molar-refractivity contribution < 1.29 is 9.13 Å². The maximum atomic E-state index is 12.9. The van der Waals surface area contributed by atoms with E-state index in [1.54, 1.807) is 12.1 Å². The molecule has 3 nitrogen and oxygen atoms in total. The van der Waals surface area contributed by atoms with E-state index in [9.17, 15) is 4.39 Å². The summed E-state index contributed by atoms with van der Waals surface area (Å²) in [6, 6.07) is 14.4. The average Bonchev–Trinajstić information content (AvgIpc) is 2.55. The monoisotopic (exact) mass is 302 g/mol. The summed E-state index contributed by atoms with van der Waals surface area (Å²) in [6.07, 6.45) is 1.09. The first-order chi connectivity index (χ1) is 10.8. The number of ether oxygens (including phenoxy) is 1. The standard InChI is InChI=1S/C18H23FN2O/c1-20-11-4-12-21-13-16-5-2-3-6-18(16)22-14-15-7-9-17(19)10-8-15/h2-3,5-10,20-21H,4,11-14H2,1H3. The van der Waals surface area contributed by atoms with Crippen molar-refractivity contribution in [2.24, 2.45) is 0 Å². The molecule has 0 unspecified atom stereocenters. The van der Waals surface area contributed by atoms with Gasteiger partial charge in [-0.1, -0.05) is 30.3 Å². The van der Waals surface area contributed by atoms with Gasteiger partial charge in [0.2, 0.25) is 0 Å². The highest BCUT2D eigenvalue weighted by molar-refractivity contribution is 5.33. The topological polar surface area (TPSA) is 33.3 Å². The minimum Gasteiger partial charge on any atom is -0.489 e. The van der Waals surface area contributed by atoms with Crippen molar-refractivity contribution in [3.05, 3.63) is 65.5 Å². The lowest BCUT2D eigenvalue weighted by atomic mass is 10.2.